The number of aliphatic hydroxyl groups is 3. The van der Waals surface area contributed by atoms with Crippen LogP contribution >= 0.6 is 25.3 Å². The Kier molecular flexibility index (Phi) is 41.5. The summed E-state index contributed by atoms with van der Waals surface area (Å²) in [6.07, 6.45) is -4.81. The number of carboxylic acids is 1. The van der Waals surface area contributed by atoms with E-state index in [0.717, 1.165) is 13.8 Å². The van der Waals surface area contributed by atoms with Gasteiger partial charge < -0.3 is 118 Å². The van der Waals surface area contributed by atoms with E-state index in [4.69, 9.17) is 22.9 Å². The van der Waals surface area contributed by atoms with Crippen LogP contribution in [0.3, 0.4) is 0 Å². The molecule has 0 saturated heterocycles. The van der Waals surface area contributed by atoms with E-state index in [1.54, 1.807) is 91.0 Å². The van der Waals surface area contributed by atoms with Crippen LogP contribution in [0.25, 0.3) is 0 Å². The molecular weight excluding hydrogens is 1510 g/mol. The first-order valence-electron chi connectivity index (χ1n) is 36.4. The average molecular weight is 1620 g/mol. The highest BCUT2D eigenvalue weighted by Crippen LogP contribution is 2.16. The van der Waals surface area contributed by atoms with Crippen LogP contribution in [0, 0.1) is 0 Å². The number of phenolic OH excluding ortho intramolecular Hbond substituents is 1. The summed E-state index contributed by atoms with van der Waals surface area (Å²) in [4.78, 5) is 207. The lowest BCUT2D eigenvalue weighted by Crippen LogP contribution is -2.63. The number of amides is 14. The van der Waals surface area contributed by atoms with E-state index in [9.17, 15) is 83.1 Å². The van der Waals surface area contributed by atoms with Gasteiger partial charge in [0.25, 0.3) is 0 Å². The van der Waals surface area contributed by atoms with Crippen molar-refractivity contribution in [3.05, 3.63) is 138 Å². The van der Waals surface area contributed by atoms with Crippen molar-refractivity contribution in [3.8, 4) is 5.75 Å². The first-order valence-corrected chi connectivity index (χ1v) is 37.7. The lowest BCUT2D eigenvalue weighted by Gasteiger charge is -2.29. The first kappa shape index (κ1) is 94.6. The van der Waals surface area contributed by atoms with Gasteiger partial charge in [-0.05, 0) is 107 Å². The highest BCUT2D eigenvalue weighted by molar-refractivity contribution is 7.80. The Morgan fingerprint density at radius 1 is 0.381 bits per heavy atom. The van der Waals surface area contributed by atoms with Gasteiger partial charge in [0, 0.05) is 37.2 Å². The molecule has 37 nitrogen and oxygen atoms in total. The summed E-state index contributed by atoms with van der Waals surface area (Å²) in [6.45, 7) is 2.28. The predicted molar refractivity (Wildman–Crippen MR) is 417 cm³/mol. The summed E-state index contributed by atoms with van der Waals surface area (Å²) in [5.41, 5.74) is 24.5. The van der Waals surface area contributed by atoms with Gasteiger partial charge in [0.15, 0.2) is 0 Å². The number of thiol groups is 2. The van der Waals surface area contributed by atoms with E-state index < -0.39 is 199 Å². The van der Waals surface area contributed by atoms with Crippen LogP contribution in [0.15, 0.2) is 115 Å². The van der Waals surface area contributed by atoms with Gasteiger partial charge >= 0.3 is 5.97 Å². The second-order valence-corrected chi connectivity index (χ2v) is 27.4. The number of aromatic hydroxyl groups is 1. The summed E-state index contributed by atoms with van der Waals surface area (Å²) in [7, 11) is 0. The number of hydrogen-bond donors (Lipinski definition) is 24. The molecule has 618 valence electrons. The number of nitrogens with two attached hydrogens (primary N) is 4. The van der Waals surface area contributed by atoms with E-state index in [-0.39, 0.29) is 88.1 Å². The number of nitrogens with one attached hydrogen (secondary N) is 13. The second-order valence-electron chi connectivity index (χ2n) is 26.7. The highest BCUT2D eigenvalue weighted by Gasteiger charge is 2.39. The number of hydrogen-bond acceptors (Lipinski definition) is 24. The summed E-state index contributed by atoms with van der Waals surface area (Å²) < 4.78 is 0. The van der Waals surface area contributed by atoms with Crippen molar-refractivity contribution >= 4 is 114 Å². The fraction of sp³-hybridized carbons (Fsp3) is 0.473. The number of phenols is 1. The third-order valence-corrected chi connectivity index (χ3v) is 18.1. The maximum atomic E-state index is 15.2. The van der Waals surface area contributed by atoms with E-state index in [1.165, 1.54) is 31.2 Å². The van der Waals surface area contributed by atoms with Crippen LogP contribution in [-0.4, -0.2) is 243 Å². The van der Waals surface area contributed by atoms with Gasteiger partial charge in [-0.25, -0.2) is 4.79 Å². The molecule has 0 spiro atoms. The molecule has 0 aromatic heterocycles. The van der Waals surface area contributed by atoms with Gasteiger partial charge in [0.2, 0.25) is 82.7 Å². The van der Waals surface area contributed by atoms with Crippen molar-refractivity contribution in [2.24, 2.45) is 22.9 Å². The number of carboxylic acid groups (broad SMARTS) is 1. The van der Waals surface area contributed by atoms with Gasteiger partial charge in [-0.15, -0.1) is 0 Å². The Balaban J connectivity index is 1.70. The van der Waals surface area contributed by atoms with Crippen LogP contribution < -0.4 is 92.1 Å². The number of aliphatic hydroxyl groups excluding tert-OH is 3. The molecule has 26 N–H and O–H groups in total. The molecular formula is C74H105N17O20S2. The topological polar surface area (TPSA) is 618 Å². The number of rotatable bonds is 50. The Hall–Kier alpha value is -10.8. The molecule has 4 rings (SSSR count). The third-order valence-electron chi connectivity index (χ3n) is 17.4. The molecule has 4 aromatic rings. The normalized spacial score (nSPS) is 15.0. The Morgan fingerprint density at radius 3 is 1.04 bits per heavy atom. The van der Waals surface area contributed by atoms with Gasteiger partial charge in [0.05, 0.1) is 37.8 Å². The molecule has 15 atom stereocenters. The summed E-state index contributed by atoms with van der Waals surface area (Å²) in [5, 5.41) is 83.5. The van der Waals surface area contributed by atoms with Gasteiger partial charge in [-0.2, -0.15) is 25.3 Å². The largest absolute Gasteiger partial charge is 0.508 e. The van der Waals surface area contributed by atoms with Crippen LogP contribution in [0.4, 0.5) is 0 Å². The van der Waals surface area contributed by atoms with E-state index in [2.05, 4.69) is 94.4 Å². The van der Waals surface area contributed by atoms with E-state index in [0.29, 0.717) is 28.7 Å². The van der Waals surface area contributed by atoms with Gasteiger partial charge in [-0.3, -0.25) is 67.1 Å². The number of primary amides is 1. The maximum absolute atomic E-state index is 15.2. The molecule has 0 fully saturated rings. The zero-order valence-electron chi connectivity index (χ0n) is 62.7. The third kappa shape index (κ3) is 33.6. The zero-order valence-corrected chi connectivity index (χ0v) is 64.5. The smallest absolute Gasteiger partial charge is 0.327 e. The zero-order chi connectivity index (χ0) is 83.9. The lowest BCUT2D eigenvalue weighted by molar-refractivity contribution is -0.142. The SMILES string of the molecule is C[C@H](N)C(=O)NCC(=O)N[C@@H](CS)C(=O)N[C@@H](CCCCN)C(=O)N[C@@H](CC(N)=O)C(=O)N[C@@H](Cc1ccccc1)C(=O)N[C@@H](Cc1ccccc1)C(=O)N[C@@H](Cc1ccc(O)cc1)C(=O)N[C@@H](CCCCN)C(=O)N[C@H](C(=O)N[C@@H](Cc1ccccc1)C(=O)N[C@H](C(=O)N[C@@H](CO)C(=O)N[C@@H](CS)C(=O)O)[C@@H](C)O)[C@@H](C)O. The minimum Gasteiger partial charge on any atom is -0.508 e. The number of carbonyl (C=O) groups excluding carboxylic acids is 14. The van der Waals surface area contributed by atoms with Crippen molar-refractivity contribution < 1.29 is 97.5 Å². The minimum absolute atomic E-state index is 0.0839. The second kappa shape index (κ2) is 49.5. The maximum Gasteiger partial charge on any atom is 0.327 e. The molecule has 0 unspecified atom stereocenters. The van der Waals surface area contributed by atoms with Crippen molar-refractivity contribution in [2.75, 3.05) is 37.7 Å². The van der Waals surface area contributed by atoms with Crippen molar-refractivity contribution in [2.45, 2.75) is 182 Å². The van der Waals surface area contributed by atoms with Gasteiger partial charge in [0.1, 0.15) is 78.3 Å². The molecule has 0 aliphatic carbocycles. The quantitative estimate of drug-likeness (QED) is 0.0144. The monoisotopic (exact) mass is 1620 g/mol. The predicted octanol–water partition coefficient (Wildman–Crippen LogP) is -6.22. The molecule has 14 amide bonds. The first-order chi connectivity index (χ1) is 53.7. The number of unbranched alkanes of at least 4 members (excludes halogenated alkanes) is 2. The van der Waals surface area contributed by atoms with E-state index >= 15 is 14.4 Å². The molecule has 0 saturated carbocycles. The molecule has 113 heavy (non-hydrogen) atoms. The Bertz CT molecular complexity index is 3820. The van der Waals surface area contributed by atoms with Crippen molar-refractivity contribution in [1.29, 1.82) is 0 Å². The average Bonchev–Trinajstić information content (AvgIpc) is 0.838. The Morgan fingerprint density at radius 2 is 0.690 bits per heavy atom. The van der Waals surface area contributed by atoms with E-state index in [1.807, 2.05) is 0 Å². The standard InChI is InChI=1S/C74H105N17O20S2/c1-40(77)62(98)79-36-59(97)80-56(38-112)71(107)82-48(23-13-15-29-75)63(99)86-54(35-58(78)96)68(104)85-51(32-44-19-9-5-10-20-44)67(103)83-50(31-43-17-7-4-8-18-43)66(102)84-52(34-46-25-27-47(95)28-26-46)65(101)81-49(24-14-16-30-76)64(100)90-60(41(2)93)72(108)87-53(33-45-21-11-6-12-22-45)69(105)91-61(42(3)94)73(109)88-55(37-92)70(106)89-57(39-113)74(110)111/h4-12,17-22,25-28,40-42,48-57,60-61,92-95,112-113H,13-16,23-24,29-39,75-77H2,1-3H3,(H2,78,96)(H,79,98)(H,80,97)(H,81,101)(H,82,107)(H,83,103)(H,84,102)(H,85,104)(H,86,99)(H,87,108)(H,88,109)(H,89,106)(H,90,100)(H,91,105)(H,110,111)/t40-,41+,42+,48-,49-,50-,51-,52-,53-,54-,55-,56-,57-,60-,61-/m0/s1. The number of aliphatic carboxylic acids is 1. The molecule has 0 radical (unpaired) electrons. The van der Waals surface area contributed by atoms with Crippen LogP contribution in [0.1, 0.15) is 88.0 Å². The van der Waals surface area contributed by atoms with Crippen LogP contribution in [0.2, 0.25) is 0 Å². The minimum atomic E-state index is -1.92. The van der Waals surface area contributed by atoms with Crippen molar-refractivity contribution in [1.82, 2.24) is 69.1 Å². The van der Waals surface area contributed by atoms with Crippen molar-refractivity contribution in [3.63, 3.8) is 0 Å². The highest BCUT2D eigenvalue weighted by atomic mass is 32.1. The lowest BCUT2D eigenvalue weighted by atomic mass is 10.00. The molecule has 4 aromatic carbocycles. The van der Waals surface area contributed by atoms with Gasteiger partial charge in [-0.1, -0.05) is 103 Å². The Labute approximate surface area is 663 Å². The summed E-state index contributed by atoms with van der Waals surface area (Å²) in [5.74, 6) is -16.8. The van der Waals surface area contributed by atoms with Crippen LogP contribution in [0.5, 0.6) is 5.75 Å². The molecule has 39 heteroatoms. The molecule has 0 aliphatic rings. The number of carbonyl (C=O) groups is 15. The fourth-order valence-electron chi connectivity index (χ4n) is 11.1. The summed E-state index contributed by atoms with van der Waals surface area (Å²) >= 11 is 8.07. The summed E-state index contributed by atoms with van der Waals surface area (Å²) in [6, 6.07) is 8.99. The van der Waals surface area contributed by atoms with Crippen LogP contribution in [-0.2, 0) is 97.6 Å². The molecule has 0 aliphatic heterocycles. The number of benzene rings is 4. The fourth-order valence-corrected chi connectivity index (χ4v) is 11.6. The molecule has 0 bridgehead atoms. The molecule has 0 heterocycles.